The summed E-state index contributed by atoms with van der Waals surface area (Å²) in [6, 6.07) is 7.13. The summed E-state index contributed by atoms with van der Waals surface area (Å²) in [7, 11) is 0. The zero-order chi connectivity index (χ0) is 13.1. The van der Waals surface area contributed by atoms with Crippen LogP contribution in [0, 0.1) is 0 Å². The number of carbonyl (C=O) groups is 2. The predicted octanol–water partition coefficient (Wildman–Crippen LogP) is 1.96. The van der Waals surface area contributed by atoms with Crippen molar-refractivity contribution >= 4 is 29.4 Å². The minimum atomic E-state index is -0.446. The van der Waals surface area contributed by atoms with Crippen LogP contribution in [0.4, 0.5) is 5.69 Å². The highest BCUT2D eigenvalue weighted by molar-refractivity contribution is 6.24. The maximum absolute atomic E-state index is 11.3. The molecule has 2 rings (SSSR count). The third-order valence-electron chi connectivity index (χ3n) is 2.42. The molecule has 1 aliphatic heterocycles. The first kappa shape index (κ1) is 12.0. The third kappa shape index (κ3) is 2.63. The van der Waals surface area contributed by atoms with Gasteiger partial charge in [0.1, 0.15) is 0 Å². The molecule has 1 heterocycles. The van der Waals surface area contributed by atoms with Gasteiger partial charge in [-0.3, -0.25) is 4.79 Å². The summed E-state index contributed by atoms with van der Waals surface area (Å²) in [6.07, 6.45) is 1.70. The van der Waals surface area contributed by atoms with E-state index in [0.717, 1.165) is 5.56 Å². The van der Waals surface area contributed by atoms with E-state index in [-0.39, 0.29) is 5.91 Å². The van der Waals surface area contributed by atoms with Gasteiger partial charge in [-0.2, -0.15) is 0 Å². The number of benzene rings is 1. The topological polar surface area (TPSA) is 67.8 Å². The Kier molecular flexibility index (Phi) is 3.23. The van der Waals surface area contributed by atoms with E-state index >= 15 is 0 Å². The van der Waals surface area contributed by atoms with Crippen LogP contribution in [0.1, 0.15) is 19.4 Å². The molecule has 92 valence electrons. The maximum Gasteiger partial charge on any atom is 0.367 e. The van der Waals surface area contributed by atoms with Gasteiger partial charge in [-0.15, -0.1) is 0 Å². The highest BCUT2D eigenvalue weighted by atomic mass is 16.7. The zero-order valence-electron chi connectivity index (χ0n) is 10.1. The van der Waals surface area contributed by atoms with Gasteiger partial charge in [0.15, 0.2) is 0 Å². The van der Waals surface area contributed by atoms with E-state index in [2.05, 4.69) is 15.3 Å². The summed E-state index contributed by atoms with van der Waals surface area (Å²) in [5.41, 5.74) is 2.56. The highest BCUT2D eigenvalue weighted by Gasteiger charge is 2.21. The van der Waals surface area contributed by atoms with Gasteiger partial charge in [0.25, 0.3) is 0 Å². The SMILES string of the molecule is CC(=O)Nc1ccc(/C=C2/C(=O)ON=C2C)cc1. The van der Waals surface area contributed by atoms with Crippen molar-refractivity contribution in [3.05, 3.63) is 35.4 Å². The normalized spacial score (nSPS) is 16.4. The van der Waals surface area contributed by atoms with E-state index in [4.69, 9.17) is 0 Å². The average Bonchev–Trinajstić information content (AvgIpc) is 2.63. The number of anilines is 1. The molecule has 0 atom stereocenters. The van der Waals surface area contributed by atoms with E-state index < -0.39 is 5.97 Å². The largest absolute Gasteiger partial charge is 0.367 e. The molecule has 0 bridgehead atoms. The Balaban J connectivity index is 2.20. The minimum absolute atomic E-state index is 0.122. The molecule has 0 unspecified atom stereocenters. The standard InChI is InChI=1S/C13H12N2O3/c1-8-12(13(17)18-15-8)7-10-3-5-11(6-4-10)14-9(2)16/h3-7H,1-2H3,(H,14,16)/b12-7+. The highest BCUT2D eigenvalue weighted by Crippen LogP contribution is 2.17. The molecule has 1 aromatic rings. The molecule has 0 saturated heterocycles. The van der Waals surface area contributed by atoms with Gasteiger partial charge in [0.2, 0.25) is 5.91 Å². The van der Waals surface area contributed by atoms with Crippen molar-refractivity contribution in [2.75, 3.05) is 5.32 Å². The Hall–Kier alpha value is -2.43. The molecule has 0 aromatic heterocycles. The van der Waals surface area contributed by atoms with Crippen LogP contribution in [-0.2, 0) is 14.4 Å². The van der Waals surface area contributed by atoms with Crippen LogP contribution < -0.4 is 5.32 Å². The minimum Gasteiger partial charge on any atom is -0.326 e. The fraction of sp³-hybridized carbons (Fsp3) is 0.154. The molecule has 5 heteroatoms. The molecule has 1 aromatic carbocycles. The molecule has 0 radical (unpaired) electrons. The second-order valence-electron chi connectivity index (χ2n) is 3.92. The Bertz CT molecular complexity index is 556. The summed E-state index contributed by atoms with van der Waals surface area (Å²) >= 11 is 0. The van der Waals surface area contributed by atoms with E-state index in [1.807, 2.05) is 0 Å². The number of nitrogens with one attached hydrogen (secondary N) is 1. The van der Waals surface area contributed by atoms with E-state index in [9.17, 15) is 9.59 Å². The van der Waals surface area contributed by atoms with Crippen LogP contribution >= 0.6 is 0 Å². The number of amides is 1. The quantitative estimate of drug-likeness (QED) is 0.638. The molecule has 1 aliphatic rings. The van der Waals surface area contributed by atoms with Crippen molar-refractivity contribution in [2.45, 2.75) is 13.8 Å². The number of hydrogen-bond donors (Lipinski definition) is 1. The smallest absolute Gasteiger partial charge is 0.326 e. The molecule has 1 N–H and O–H groups in total. The Morgan fingerprint density at radius 1 is 1.33 bits per heavy atom. The lowest BCUT2D eigenvalue weighted by Gasteiger charge is -2.02. The first-order valence-corrected chi connectivity index (χ1v) is 5.42. The maximum atomic E-state index is 11.3. The van der Waals surface area contributed by atoms with Gasteiger partial charge in [-0.25, -0.2) is 4.79 Å². The van der Waals surface area contributed by atoms with E-state index in [1.165, 1.54) is 6.92 Å². The molecular weight excluding hydrogens is 232 g/mol. The second-order valence-corrected chi connectivity index (χ2v) is 3.92. The molecule has 0 aliphatic carbocycles. The molecule has 0 fully saturated rings. The fourth-order valence-electron chi connectivity index (χ4n) is 1.55. The monoisotopic (exact) mass is 244 g/mol. The summed E-state index contributed by atoms with van der Waals surface area (Å²) in [5.74, 6) is -0.568. The molecular formula is C13H12N2O3. The Labute approximate surface area is 104 Å². The van der Waals surface area contributed by atoms with E-state index in [1.54, 1.807) is 37.3 Å². The zero-order valence-corrected chi connectivity index (χ0v) is 10.1. The summed E-state index contributed by atoms with van der Waals surface area (Å²) in [4.78, 5) is 26.8. The predicted molar refractivity (Wildman–Crippen MR) is 67.9 cm³/mol. The van der Waals surface area contributed by atoms with Gasteiger partial charge in [-0.1, -0.05) is 17.3 Å². The average molecular weight is 244 g/mol. The number of hydrogen-bond acceptors (Lipinski definition) is 4. The van der Waals surface area contributed by atoms with Gasteiger partial charge in [0, 0.05) is 12.6 Å². The fourth-order valence-corrected chi connectivity index (χ4v) is 1.55. The van der Waals surface area contributed by atoms with Crippen molar-refractivity contribution < 1.29 is 14.4 Å². The van der Waals surface area contributed by atoms with Crippen molar-refractivity contribution in [2.24, 2.45) is 5.16 Å². The van der Waals surface area contributed by atoms with Crippen LogP contribution in [0.3, 0.4) is 0 Å². The van der Waals surface area contributed by atoms with Crippen LogP contribution in [0.2, 0.25) is 0 Å². The summed E-state index contributed by atoms with van der Waals surface area (Å²) in [5, 5.41) is 6.26. The number of rotatable bonds is 2. The van der Waals surface area contributed by atoms with Gasteiger partial charge >= 0.3 is 5.97 Å². The van der Waals surface area contributed by atoms with Gasteiger partial charge < -0.3 is 10.2 Å². The first-order valence-electron chi connectivity index (χ1n) is 5.42. The summed E-state index contributed by atoms with van der Waals surface area (Å²) in [6.45, 7) is 3.16. The lowest BCUT2D eigenvalue weighted by atomic mass is 10.1. The van der Waals surface area contributed by atoms with E-state index in [0.29, 0.717) is 17.0 Å². The number of carbonyl (C=O) groups excluding carboxylic acids is 2. The van der Waals surface area contributed by atoms with Crippen molar-refractivity contribution in [1.82, 2.24) is 0 Å². The molecule has 1 amide bonds. The van der Waals surface area contributed by atoms with Crippen LogP contribution in [0.25, 0.3) is 6.08 Å². The molecule has 0 spiro atoms. The van der Waals surface area contributed by atoms with Crippen molar-refractivity contribution in [1.29, 1.82) is 0 Å². The molecule has 5 nitrogen and oxygen atoms in total. The van der Waals surface area contributed by atoms with Crippen molar-refractivity contribution in [3.8, 4) is 0 Å². The van der Waals surface area contributed by atoms with Crippen LogP contribution in [0.15, 0.2) is 35.0 Å². The van der Waals surface area contributed by atoms with Crippen LogP contribution in [0.5, 0.6) is 0 Å². The lowest BCUT2D eigenvalue weighted by molar-refractivity contribution is -0.136. The van der Waals surface area contributed by atoms with Crippen LogP contribution in [-0.4, -0.2) is 17.6 Å². The number of oxime groups is 1. The second kappa shape index (κ2) is 4.83. The summed E-state index contributed by atoms with van der Waals surface area (Å²) < 4.78 is 0. The number of nitrogens with zero attached hydrogens (tertiary/aromatic N) is 1. The Morgan fingerprint density at radius 3 is 2.50 bits per heavy atom. The van der Waals surface area contributed by atoms with Gasteiger partial charge in [0.05, 0.1) is 11.3 Å². The van der Waals surface area contributed by atoms with Gasteiger partial charge in [-0.05, 0) is 30.7 Å². The Morgan fingerprint density at radius 2 is 2.00 bits per heavy atom. The first-order chi connectivity index (χ1) is 8.56. The third-order valence-corrected chi connectivity index (χ3v) is 2.42. The molecule has 0 saturated carbocycles. The van der Waals surface area contributed by atoms with Crippen molar-refractivity contribution in [3.63, 3.8) is 0 Å². The molecule has 18 heavy (non-hydrogen) atoms. The lowest BCUT2D eigenvalue weighted by Crippen LogP contribution is -2.05.